The molecule has 0 unspecified atom stereocenters. The van der Waals surface area contributed by atoms with Gasteiger partial charge in [-0.1, -0.05) is 43.7 Å². The minimum Gasteiger partial charge on any atom is -0.381 e. The Morgan fingerprint density at radius 2 is 2.15 bits per heavy atom. The van der Waals surface area contributed by atoms with Crippen LogP contribution in [0.15, 0.2) is 59.8 Å². The van der Waals surface area contributed by atoms with Gasteiger partial charge in [-0.25, -0.2) is 9.97 Å². The van der Waals surface area contributed by atoms with Gasteiger partial charge in [0.15, 0.2) is 0 Å². The van der Waals surface area contributed by atoms with E-state index in [9.17, 15) is 4.79 Å². The first-order valence-corrected chi connectivity index (χ1v) is 9.88. The Morgan fingerprint density at radius 1 is 1.37 bits per heavy atom. The zero-order valence-corrected chi connectivity index (χ0v) is 17.1. The average molecular weight is 383 g/mol. The summed E-state index contributed by atoms with van der Waals surface area (Å²) in [6.07, 6.45) is 11.1. The Balaban J connectivity index is 0.00000126. The highest BCUT2D eigenvalue weighted by atomic mass is 32.1. The highest BCUT2D eigenvalue weighted by Crippen LogP contribution is 2.33. The van der Waals surface area contributed by atoms with Crippen LogP contribution in [0.4, 0.5) is 5.69 Å². The topological polar surface area (TPSA) is 59.8 Å². The number of thiophene rings is 1. The zero-order chi connectivity index (χ0) is 19.8. The average Bonchev–Trinajstić information content (AvgIpc) is 3.09. The van der Waals surface area contributed by atoms with Gasteiger partial charge >= 0.3 is 0 Å². The number of fused-ring (bicyclic) bond motifs is 3. The highest BCUT2D eigenvalue weighted by molar-refractivity contribution is 7.25. The van der Waals surface area contributed by atoms with Crippen molar-refractivity contribution in [1.82, 2.24) is 14.5 Å². The Morgan fingerprint density at radius 3 is 2.85 bits per heavy atom. The van der Waals surface area contributed by atoms with E-state index in [1.165, 1.54) is 11.3 Å². The number of allylic oxidation sites excluding steroid dienone is 4. The minimum absolute atomic E-state index is 0.0366. The van der Waals surface area contributed by atoms with Crippen LogP contribution in [0.1, 0.15) is 27.7 Å². The summed E-state index contributed by atoms with van der Waals surface area (Å²) in [4.78, 5) is 22.5. The van der Waals surface area contributed by atoms with E-state index in [1.54, 1.807) is 23.2 Å². The molecular weight excluding hydrogens is 356 g/mol. The van der Waals surface area contributed by atoms with Crippen molar-refractivity contribution in [3.8, 4) is 0 Å². The van der Waals surface area contributed by atoms with E-state index in [0.717, 1.165) is 21.5 Å². The van der Waals surface area contributed by atoms with Gasteiger partial charge in [-0.15, -0.1) is 17.9 Å². The van der Waals surface area contributed by atoms with Gasteiger partial charge in [-0.3, -0.25) is 9.36 Å². The fourth-order valence-electron chi connectivity index (χ4n) is 2.49. The lowest BCUT2D eigenvalue weighted by molar-refractivity contribution is 0.768. The second-order valence-electron chi connectivity index (χ2n) is 5.63. The summed E-state index contributed by atoms with van der Waals surface area (Å²) in [5.41, 5.74) is 2.75. The fraction of sp³-hybridized carbons (Fsp3) is 0.286. The molecule has 0 saturated carbocycles. The normalized spacial score (nSPS) is 11.6. The van der Waals surface area contributed by atoms with Crippen LogP contribution >= 0.6 is 11.3 Å². The first kappa shape index (κ1) is 20.6. The van der Waals surface area contributed by atoms with E-state index < -0.39 is 0 Å². The summed E-state index contributed by atoms with van der Waals surface area (Å²) in [5, 5.41) is 4.18. The van der Waals surface area contributed by atoms with E-state index in [0.29, 0.717) is 23.3 Å². The summed E-state index contributed by atoms with van der Waals surface area (Å²) in [6, 6.07) is 1.90. The molecule has 5 nitrogen and oxygen atoms in total. The van der Waals surface area contributed by atoms with Crippen LogP contribution in [0.2, 0.25) is 0 Å². The lowest BCUT2D eigenvalue weighted by Crippen LogP contribution is -2.18. The Kier molecular flexibility index (Phi) is 7.49. The molecule has 0 spiro atoms. The van der Waals surface area contributed by atoms with E-state index in [4.69, 9.17) is 0 Å². The largest absolute Gasteiger partial charge is 0.381 e. The predicted octanol–water partition coefficient (Wildman–Crippen LogP) is 5.15. The quantitative estimate of drug-likeness (QED) is 0.473. The maximum absolute atomic E-state index is 12.8. The molecule has 0 fully saturated rings. The summed E-state index contributed by atoms with van der Waals surface area (Å²) < 4.78 is 2.25. The molecule has 3 rings (SSSR count). The molecule has 0 aliphatic rings. The van der Waals surface area contributed by atoms with E-state index in [2.05, 4.69) is 21.9 Å². The molecule has 142 valence electrons. The first-order chi connectivity index (χ1) is 13.2. The lowest BCUT2D eigenvalue weighted by Gasteiger charge is -2.05. The minimum atomic E-state index is -0.0366. The Hall–Kier alpha value is -2.73. The van der Waals surface area contributed by atoms with Crippen molar-refractivity contribution in [3.63, 3.8) is 0 Å². The molecule has 0 radical (unpaired) electrons. The van der Waals surface area contributed by atoms with Crippen molar-refractivity contribution in [1.29, 1.82) is 0 Å². The monoisotopic (exact) mass is 382 g/mol. The van der Waals surface area contributed by atoms with Crippen LogP contribution < -0.4 is 10.9 Å². The number of nitrogens with one attached hydrogen (secondary N) is 1. The number of hydrogen-bond acceptors (Lipinski definition) is 5. The van der Waals surface area contributed by atoms with Gasteiger partial charge < -0.3 is 5.32 Å². The van der Waals surface area contributed by atoms with E-state index in [-0.39, 0.29) is 5.56 Å². The molecule has 0 saturated heterocycles. The number of nitrogens with zero attached hydrogens (tertiary/aromatic N) is 3. The van der Waals surface area contributed by atoms with Crippen LogP contribution in [-0.4, -0.2) is 21.1 Å². The Labute approximate surface area is 163 Å². The fourth-order valence-corrected chi connectivity index (χ4v) is 3.57. The number of hydrogen-bond donors (Lipinski definition) is 1. The Bertz CT molecular complexity index is 1040. The van der Waals surface area contributed by atoms with Crippen molar-refractivity contribution in [2.24, 2.45) is 0 Å². The van der Waals surface area contributed by atoms with Crippen LogP contribution in [0.5, 0.6) is 0 Å². The van der Waals surface area contributed by atoms with Crippen LogP contribution in [0, 0.1) is 0 Å². The van der Waals surface area contributed by atoms with Gasteiger partial charge in [0, 0.05) is 25.0 Å². The van der Waals surface area contributed by atoms with Gasteiger partial charge in [-0.05, 0) is 19.9 Å². The molecule has 0 aromatic carbocycles. The molecule has 0 atom stereocenters. The molecule has 0 bridgehead atoms. The number of pyridine rings is 1. The van der Waals surface area contributed by atoms with E-state index >= 15 is 0 Å². The number of aromatic nitrogens is 3. The molecular formula is C21H26N4OS. The maximum atomic E-state index is 12.8. The van der Waals surface area contributed by atoms with Crippen molar-refractivity contribution < 1.29 is 0 Å². The maximum Gasteiger partial charge on any atom is 0.271 e. The summed E-state index contributed by atoms with van der Waals surface area (Å²) in [5.74, 6) is 0. The molecule has 3 heterocycles. The lowest BCUT2D eigenvalue weighted by atomic mass is 10.2. The molecule has 27 heavy (non-hydrogen) atoms. The van der Waals surface area contributed by atoms with Crippen LogP contribution in [0.25, 0.3) is 20.4 Å². The van der Waals surface area contributed by atoms with Crippen molar-refractivity contribution in [3.05, 3.63) is 65.4 Å². The van der Waals surface area contributed by atoms with Crippen molar-refractivity contribution in [2.75, 3.05) is 11.9 Å². The van der Waals surface area contributed by atoms with Gasteiger partial charge in [0.25, 0.3) is 5.56 Å². The van der Waals surface area contributed by atoms with Crippen LogP contribution in [0.3, 0.4) is 0 Å². The number of rotatable bonds is 6. The third-order valence-electron chi connectivity index (χ3n) is 3.92. The summed E-state index contributed by atoms with van der Waals surface area (Å²) >= 11 is 1.39. The van der Waals surface area contributed by atoms with Crippen molar-refractivity contribution >= 4 is 37.5 Å². The smallest absolute Gasteiger partial charge is 0.271 e. The van der Waals surface area contributed by atoms with Gasteiger partial charge in [0.05, 0.1) is 17.2 Å². The molecule has 6 heteroatoms. The third kappa shape index (κ3) is 4.52. The third-order valence-corrected chi connectivity index (χ3v) is 5.00. The van der Waals surface area contributed by atoms with Gasteiger partial charge in [0.1, 0.15) is 9.53 Å². The van der Waals surface area contributed by atoms with Crippen LogP contribution in [-0.2, 0) is 6.54 Å². The predicted molar refractivity (Wildman–Crippen MR) is 118 cm³/mol. The molecule has 3 aromatic rings. The second-order valence-corrected chi connectivity index (χ2v) is 6.62. The molecule has 0 aliphatic heterocycles. The van der Waals surface area contributed by atoms with Gasteiger partial charge in [-0.2, -0.15) is 0 Å². The molecule has 0 amide bonds. The summed E-state index contributed by atoms with van der Waals surface area (Å²) in [6.45, 7) is 12.9. The van der Waals surface area contributed by atoms with Crippen molar-refractivity contribution in [2.45, 2.75) is 34.2 Å². The second kappa shape index (κ2) is 9.83. The zero-order valence-electron chi connectivity index (χ0n) is 16.3. The first-order valence-electron chi connectivity index (χ1n) is 9.06. The standard InChI is InChI=1S/C19H20N4OS.C2H6/c1-4-9-20-14-8-10-21-18-15(14)16-17(25-18)19(24)23(12-22-16)11-6-7-13(3)5-2;1-2/h4-8,10,12H,1,9,11H2,2-3H3,(H,20,21);1-2H3/b7-6-,13-5-;. The van der Waals surface area contributed by atoms with Gasteiger partial charge in [0.2, 0.25) is 0 Å². The highest BCUT2D eigenvalue weighted by Gasteiger charge is 2.14. The number of anilines is 1. The SMILES string of the molecule is C=CCNc1ccnc2sc3c(=O)n(C/C=C\C(C)=C/C)cnc3c12.CC. The summed E-state index contributed by atoms with van der Waals surface area (Å²) in [7, 11) is 0. The molecule has 0 aliphatic carbocycles. The van der Waals surface area contributed by atoms with E-state index in [1.807, 2.05) is 52.0 Å². The molecule has 1 N–H and O–H groups in total. The molecule has 3 aromatic heterocycles.